The summed E-state index contributed by atoms with van der Waals surface area (Å²) in [5, 5.41) is 8.96. The molecule has 0 saturated carbocycles. The van der Waals surface area contributed by atoms with E-state index >= 15 is 0 Å². The summed E-state index contributed by atoms with van der Waals surface area (Å²) in [6.07, 6.45) is 23.3. The van der Waals surface area contributed by atoms with Crippen molar-refractivity contribution in [1.82, 2.24) is 0 Å². The molecule has 1 radical (unpaired) electrons. The molecule has 0 fully saturated rings. The Kier molecular flexibility index (Phi) is 19.0. The van der Waals surface area contributed by atoms with E-state index in [1.54, 1.807) is 5.92 Å². The number of rotatable bonds is 18. The van der Waals surface area contributed by atoms with Gasteiger partial charge in [-0.05, 0) is 25.2 Å². The predicted molar refractivity (Wildman–Crippen MR) is 100 cm³/mol. The smallest absolute Gasteiger partial charge is 0.0436 e. The van der Waals surface area contributed by atoms with E-state index in [9.17, 15) is 0 Å². The van der Waals surface area contributed by atoms with Crippen LogP contribution in [0.15, 0.2) is 0 Å². The van der Waals surface area contributed by atoms with Crippen LogP contribution in [0.2, 0.25) is 0 Å². The molecule has 0 saturated heterocycles. The highest BCUT2D eigenvalue weighted by molar-refractivity contribution is 4.87. The van der Waals surface area contributed by atoms with Gasteiger partial charge in [-0.3, -0.25) is 0 Å². The van der Waals surface area contributed by atoms with Gasteiger partial charge in [0.2, 0.25) is 0 Å². The zero-order valence-corrected chi connectivity index (χ0v) is 15.7. The van der Waals surface area contributed by atoms with E-state index in [0.29, 0.717) is 6.61 Å². The predicted octanol–water partition coefficient (Wildman–Crippen LogP) is 7.22. The minimum Gasteiger partial charge on any atom is -0.396 e. The highest BCUT2D eigenvalue weighted by atomic mass is 16.3. The van der Waals surface area contributed by atoms with Crippen molar-refractivity contribution in [3.63, 3.8) is 0 Å². The van der Waals surface area contributed by atoms with Crippen LogP contribution in [-0.4, -0.2) is 11.7 Å². The van der Waals surface area contributed by atoms with Crippen LogP contribution in [-0.2, 0) is 0 Å². The van der Waals surface area contributed by atoms with Crippen LogP contribution in [0, 0.1) is 5.92 Å². The van der Waals surface area contributed by atoms with Crippen molar-refractivity contribution in [3.8, 4) is 0 Å². The fraction of sp³-hybridized carbons (Fsp3) is 0.952. The second-order valence-electron chi connectivity index (χ2n) is 6.92. The van der Waals surface area contributed by atoms with Gasteiger partial charge in [0.1, 0.15) is 0 Å². The van der Waals surface area contributed by atoms with Crippen molar-refractivity contribution in [2.24, 2.45) is 0 Å². The first-order chi connectivity index (χ1) is 10.8. The molecule has 0 spiro atoms. The molecule has 0 rings (SSSR count). The van der Waals surface area contributed by atoms with Gasteiger partial charge < -0.3 is 5.11 Å². The van der Waals surface area contributed by atoms with Crippen molar-refractivity contribution >= 4 is 0 Å². The van der Waals surface area contributed by atoms with Crippen LogP contribution in [0.25, 0.3) is 0 Å². The highest BCUT2D eigenvalue weighted by Gasteiger charge is 2.05. The SMILES string of the molecule is CCCCCCCCCCCCCCCC[C](CC)CCO. The van der Waals surface area contributed by atoms with Crippen molar-refractivity contribution < 1.29 is 5.11 Å². The lowest BCUT2D eigenvalue weighted by Crippen LogP contribution is -1.99. The molecule has 0 aromatic carbocycles. The summed E-state index contributed by atoms with van der Waals surface area (Å²) in [5.74, 6) is 1.56. The van der Waals surface area contributed by atoms with E-state index in [1.807, 2.05) is 0 Å². The first-order valence-electron chi connectivity index (χ1n) is 10.3. The molecule has 0 aromatic heterocycles. The van der Waals surface area contributed by atoms with E-state index in [1.165, 1.54) is 96.3 Å². The molecular formula is C21H43O. The third kappa shape index (κ3) is 16.3. The lowest BCUT2D eigenvalue weighted by atomic mass is 9.95. The molecule has 1 N–H and O–H groups in total. The van der Waals surface area contributed by atoms with E-state index in [4.69, 9.17) is 5.11 Å². The lowest BCUT2D eigenvalue weighted by molar-refractivity contribution is 0.287. The average Bonchev–Trinajstić information content (AvgIpc) is 2.54. The molecule has 0 aliphatic carbocycles. The number of hydrogen-bond acceptors (Lipinski definition) is 1. The molecule has 0 atom stereocenters. The Balaban J connectivity index is 3.08. The lowest BCUT2D eigenvalue weighted by Gasteiger charge is -2.11. The summed E-state index contributed by atoms with van der Waals surface area (Å²) >= 11 is 0. The molecule has 0 aliphatic rings. The topological polar surface area (TPSA) is 20.2 Å². The zero-order chi connectivity index (χ0) is 16.3. The van der Waals surface area contributed by atoms with Gasteiger partial charge in [0.15, 0.2) is 0 Å². The van der Waals surface area contributed by atoms with E-state index < -0.39 is 0 Å². The summed E-state index contributed by atoms with van der Waals surface area (Å²) in [4.78, 5) is 0. The molecule has 0 heterocycles. The van der Waals surface area contributed by atoms with Crippen molar-refractivity contribution in [3.05, 3.63) is 5.92 Å². The summed E-state index contributed by atoms with van der Waals surface area (Å²) in [7, 11) is 0. The van der Waals surface area contributed by atoms with Gasteiger partial charge in [0.05, 0.1) is 0 Å². The van der Waals surface area contributed by atoms with Crippen molar-refractivity contribution in [2.75, 3.05) is 6.61 Å². The van der Waals surface area contributed by atoms with Gasteiger partial charge >= 0.3 is 0 Å². The summed E-state index contributed by atoms with van der Waals surface area (Å²) in [5.41, 5.74) is 0. The summed E-state index contributed by atoms with van der Waals surface area (Å²) in [6.45, 7) is 4.84. The van der Waals surface area contributed by atoms with Crippen LogP contribution in [0.5, 0.6) is 0 Å². The standard InChI is InChI=1S/C21H43O/c1-3-5-6-7-8-9-10-11-12-13-14-15-16-17-18-21(4-2)19-20-22/h22H,3-20H2,1-2H3. The second-order valence-corrected chi connectivity index (χ2v) is 6.92. The normalized spacial score (nSPS) is 11.5. The maximum absolute atomic E-state index is 8.96. The maximum Gasteiger partial charge on any atom is 0.0436 e. The van der Waals surface area contributed by atoms with Gasteiger partial charge in [-0.1, -0.05) is 104 Å². The Morgan fingerprint density at radius 1 is 0.545 bits per heavy atom. The molecule has 0 unspecified atom stereocenters. The minimum absolute atomic E-state index is 0.335. The molecule has 0 bridgehead atoms. The average molecular weight is 312 g/mol. The van der Waals surface area contributed by atoms with Crippen LogP contribution in [0.1, 0.15) is 123 Å². The van der Waals surface area contributed by atoms with E-state index in [-0.39, 0.29) is 0 Å². The molecule has 1 heteroatoms. The van der Waals surface area contributed by atoms with Crippen LogP contribution < -0.4 is 0 Å². The highest BCUT2D eigenvalue weighted by Crippen LogP contribution is 2.20. The minimum atomic E-state index is 0.335. The van der Waals surface area contributed by atoms with E-state index in [2.05, 4.69) is 13.8 Å². The maximum atomic E-state index is 8.96. The van der Waals surface area contributed by atoms with Crippen molar-refractivity contribution in [2.45, 2.75) is 123 Å². The van der Waals surface area contributed by atoms with Gasteiger partial charge in [0.25, 0.3) is 0 Å². The Bertz CT molecular complexity index is 190. The summed E-state index contributed by atoms with van der Waals surface area (Å²) < 4.78 is 0. The fourth-order valence-corrected chi connectivity index (χ4v) is 3.21. The first-order valence-corrected chi connectivity index (χ1v) is 10.3. The van der Waals surface area contributed by atoms with Crippen LogP contribution in [0.4, 0.5) is 0 Å². The molecule has 0 amide bonds. The Morgan fingerprint density at radius 3 is 1.32 bits per heavy atom. The fourth-order valence-electron chi connectivity index (χ4n) is 3.21. The van der Waals surface area contributed by atoms with Gasteiger partial charge in [-0.2, -0.15) is 0 Å². The molecule has 0 aromatic rings. The van der Waals surface area contributed by atoms with Crippen LogP contribution in [0.3, 0.4) is 0 Å². The first kappa shape index (κ1) is 22.0. The van der Waals surface area contributed by atoms with Gasteiger partial charge in [0, 0.05) is 6.61 Å². The molecule has 22 heavy (non-hydrogen) atoms. The zero-order valence-electron chi connectivity index (χ0n) is 15.7. The quantitative estimate of drug-likeness (QED) is 0.265. The Morgan fingerprint density at radius 2 is 0.955 bits per heavy atom. The number of hydrogen-bond donors (Lipinski definition) is 1. The Hall–Kier alpha value is -0.0400. The van der Waals surface area contributed by atoms with Gasteiger partial charge in [-0.15, -0.1) is 0 Å². The van der Waals surface area contributed by atoms with Crippen LogP contribution >= 0.6 is 0 Å². The molecule has 0 aliphatic heterocycles. The van der Waals surface area contributed by atoms with Crippen molar-refractivity contribution in [1.29, 1.82) is 0 Å². The number of aliphatic hydroxyl groups excluding tert-OH is 1. The largest absolute Gasteiger partial charge is 0.396 e. The molecule has 1 nitrogen and oxygen atoms in total. The van der Waals surface area contributed by atoms with Gasteiger partial charge in [-0.25, -0.2) is 0 Å². The third-order valence-electron chi connectivity index (χ3n) is 4.85. The Labute approximate surface area is 141 Å². The second kappa shape index (κ2) is 19.0. The number of aliphatic hydroxyl groups is 1. The third-order valence-corrected chi connectivity index (χ3v) is 4.85. The molecule has 133 valence electrons. The number of unbranched alkanes of at least 4 members (excludes halogenated alkanes) is 13. The monoisotopic (exact) mass is 311 g/mol. The summed E-state index contributed by atoms with van der Waals surface area (Å²) in [6, 6.07) is 0. The van der Waals surface area contributed by atoms with E-state index in [0.717, 1.165) is 12.8 Å². The molecular weight excluding hydrogens is 268 g/mol.